The molecule has 0 aliphatic carbocycles. The molecule has 0 saturated carbocycles. The van der Waals surface area contributed by atoms with Gasteiger partial charge in [0.2, 0.25) is 0 Å². The number of rotatable bonds is 3. The number of halogens is 1. The molecule has 0 aliphatic heterocycles. The Morgan fingerprint density at radius 2 is 2.00 bits per heavy atom. The highest BCUT2D eigenvalue weighted by molar-refractivity contribution is 7.80. The zero-order valence-electron chi connectivity index (χ0n) is 9.14. The summed E-state index contributed by atoms with van der Waals surface area (Å²) in [5.41, 5.74) is 6.83. The van der Waals surface area contributed by atoms with Crippen LogP contribution in [0.2, 0.25) is 4.34 Å². The smallest absolute Gasteiger partial charge is 0.265 e. The summed E-state index contributed by atoms with van der Waals surface area (Å²) in [7, 11) is 0. The molecule has 0 saturated heterocycles. The van der Waals surface area contributed by atoms with Crippen LogP contribution in [0.25, 0.3) is 0 Å². The van der Waals surface area contributed by atoms with E-state index < -0.39 is 0 Å². The van der Waals surface area contributed by atoms with Gasteiger partial charge in [0.15, 0.2) is 0 Å². The van der Waals surface area contributed by atoms with Crippen molar-refractivity contribution >= 4 is 51.7 Å². The topological polar surface area (TPSA) is 55.1 Å². The van der Waals surface area contributed by atoms with Crippen LogP contribution >= 0.6 is 35.2 Å². The van der Waals surface area contributed by atoms with Gasteiger partial charge >= 0.3 is 0 Å². The molecule has 0 fully saturated rings. The fourth-order valence-electron chi connectivity index (χ4n) is 1.43. The minimum Gasteiger partial charge on any atom is -0.389 e. The summed E-state index contributed by atoms with van der Waals surface area (Å²) < 4.78 is 0.572. The second kappa shape index (κ2) is 5.48. The highest BCUT2D eigenvalue weighted by Gasteiger charge is 2.11. The van der Waals surface area contributed by atoms with Gasteiger partial charge in [-0.25, -0.2) is 0 Å². The van der Waals surface area contributed by atoms with Gasteiger partial charge in [0.1, 0.15) is 4.99 Å². The molecule has 92 valence electrons. The highest BCUT2D eigenvalue weighted by Crippen LogP contribution is 2.23. The van der Waals surface area contributed by atoms with Gasteiger partial charge in [0.05, 0.1) is 14.9 Å². The fourth-order valence-corrected chi connectivity index (χ4v) is 2.54. The number of carbonyl (C=O) groups is 1. The van der Waals surface area contributed by atoms with Gasteiger partial charge in [-0.1, -0.05) is 36.0 Å². The number of nitrogens with two attached hydrogens (primary N) is 1. The number of para-hydroxylation sites is 1. The number of benzene rings is 1. The largest absolute Gasteiger partial charge is 0.389 e. The van der Waals surface area contributed by atoms with Gasteiger partial charge in [0, 0.05) is 5.56 Å². The molecule has 18 heavy (non-hydrogen) atoms. The van der Waals surface area contributed by atoms with Crippen molar-refractivity contribution in [3.05, 3.63) is 51.2 Å². The molecular weight excluding hydrogens is 288 g/mol. The Morgan fingerprint density at radius 1 is 1.28 bits per heavy atom. The van der Waals surface area contributed by atoms with Crippen LogP contribution in [0.4, 0.5) is 5.69 Å². The lowest BCUT2D eigenvalue weighted by atomic mass is 10.2. The van der Waals surface area contributed by atoms with E-state index in [1.165, 1.54) is 11.3 Å². The van der Waals surface area contributed by atoms with Crippen molar-refractivity contribution in [3.8, 4) is 0 Å². The second-order valence-corrected chi connectivity index (χ2v) is 5.62. The second-order valence-electron chi connectivity index (χ2n) is 3.47. The molecule has 1 heterocycles. The number of thiocarbonyl (C=S) groups is 1. The van der Waals surface area contributed by atoms with Gasteiger partial charge in [-0.15, -0.1) is 11.3 Å². The Bertz CT molecular complexity index is 610. The van der Waals surface area contributed by atoms with E-state index in [9.17, 15) is 4.79 Å². The first kappa shape index (κ1) is 13.0. The van der Waals surface area contributed by atoms with E-state index in [1.54, 1.807) is 30.3 Å². The highest BCUT2D eigenvalue weighted by atomic mass is 35.5. The van der Waals surface area contributed by atoms with Crippen molar-refractivity contribution in [1.29, 1.82) is 0 Å². The molecule has 3 N–H and O–H groups in total. The van der Waals surface area contributed by atoms with Gasteiger partial charge in [0.25, 0.3) is 5.91 Å². The Balaban J connectivity index is 2.24. The number of amides is 1. The predicted octanol–water partition coefficient (Wildman–Crippen LogP) is 3.29. The summed E-state index contributed by atoms with van der Waals surface area (Å²) in [5.74, 6) is -0.226. The molecule has 1 aromatic heterocycles. The van der Waals surface area contributed by atoms with E-state index in [0.29, 0.717) is 20.5 Å². The third kappa shape index (κ3) is 2.87. The molecule has 0 bridgehead atoms. The van der Waals surface area contributed by atoms with E-state index in [4.69, 9.17) is 29.6 Å². The minimum atomic E-state index is -0.226. The fraction of sp³-hybridized carbons (Fsp3) is 0. The van der Waals surface area contributed by atoms with E-state index in [1.807, 2.05) is 6.07 Å². The van der Waals surface area contributed by atoms with Crippen molar-refractivity contribution in [2.75, 3.05) is 5.32 Å². The SMILES string of the molecule is NC(=S)c1ccccc1NC(=O)c1ccc(Cl)s1. The zero-order valence-corrected chi connectivity index (χ0v) is 11.5. The summed E-state index contributed by atoms with van der Waals surface area (Å²) in [6, 6.07) is 10.5. The first-order valence-corrected chi connectivity index (χ1v) is 6.63. The maximum atomic E-state index is 12.0. The molecular formula is C12H9ClN2OS2. The summed E-state index contributed by atoms with van der Waals surface area (Å²) in [6.07, 6.45) is 0. The number of nitrogens with one attached hydrogen (secondary N) is 1. The Hall–Kier alpha value is -1.43. The van der Waals surface area contributed by atoms with Crippen molar-refractivity contribution in [2.24, 2.45) is 5.73 Å². The van der Waals surface area contributed by atoms with Crippen LogP contribution in [0.15, 0.2) is 36.4 Å². The van der Waals surface area contributed by atoms with Crippen LogP contribution in [-0.2, 0) is 0 Å². The van der Waals surface area contributed by atoms with Crippen molar-refractivity contribution < 1.29 is 4.79 Å². The number of anilines is 1. The molecule has 2 rings (SSSR count). The molecule has 0 radical (unpaired) electrons. The maximum absolute atomic E-state index is 12.0. The van der Waals surface area contributed by atoms with Crippen LogP contribution in [0.5, 0.6) is 0 Å². The normalized spacial score (nSPS) is 10.1. The van der Waals surface area contributed by atoms with Crippen LogP contribution in [0.1, 0.15) is 15.2 Å². The molecule has 6 heteroatoms. The molecule has 0 unspecified atom stereocenters. The van der Waals surface area contributed by atoms with Crippen LogP contribution in [0.3, 0.4) is 0 Å². The van der Waals surface area contributed by atoms with Gasteiger partial charge < -0.3 is 11.1 Å². The summed E-state index contributed by atoms with van der Waals surface area (Å²) >= 11 is 11.9. The first-order chi connectivity index (χ1) is 8.58. The monoisotopic (exact) mass is 296 g/mol. The minimum absolute atomic E-state index is 0.226. The third-order valence-corrected chi connectivity index (χ3v) is 3.69. The average molecular weight is 297 g/mol. The Labute approximate surface area is 119 Å². The van der Waals surface area contributed by atoms with E-state index in [2.05, 4.69) is 5.32 Å². The Kier molecular flexibility index (Phi) is 3.96. The number of thiophene rings is 1. The summed E-state index contributed by atoms with van der Waals surface area (Å²) in [5, 5.41) is 2.77. The molecule has 1 amide bonds. The summed E-state index contributed by atoms with van der Waals surface area (Å²) in [4.78, 5) is 12.7. The van der Waals surface area contributed by atoms with E-state index >= 15 is 0 Å². The van der Waals surface area contributed by atoms with E-state index in [-0.39, 0.29) is 10.9 Å². The van der Waals surface area contributed by atoms with Gasteiger partial charge in [-0.2, -0.15) is 0 Å². The lowest BCUT2D eigenvalue weighted by Gasteiger charge is -2.08. The standard InChI is InChI=1S/C12H9ClN2OS2/c13-10-6-5-9(18-10)12(16)15-8-4-2-1-3-7(8)11(14)17/h1-6H,(H2,14,17)(H,15,16). The molecule has 1 aromatic carbocycles. The van der Waals surface area contributed by atoms with Gasteiger partial charge in [-0.05, 0) is 24.3 Å². The number of hydrogen-bond acceptors (Lipinski definition) is 3. The maximum Gasteiger partial charge on any atom is 0.265 e. The van der Waals surface area contributed by atoms with Crippen LogP contribution in [0, 0.1) is 0 Å². The lowest BCUT2D eigenvalue weighted by molar-refractivity contribution is 0.103. The molecule has 0 spiro atoms. The molecule has 0 aliphatic rings. The molecule has 0 atom stereocenters. The Morgan fingerprint density at radius 3 is 2.61 bits per heavy atom. The summed E-state index contributed by atoms with van der Waals surface area (Å²) in [6.45, 7) is 0. The predicted molar refractivity (Wildman–Crippen MR) is 79.6 cm³/mol. The van der Waals surface area contributed by atoms with Crippen LogP contribution < -0.4 is 11.1 Å². The zero-order chi connectivity index (χ0) is 13.1. The first-order valence-electron chi connectivity index (χ1n) is 5.03. The van der Waals surface area contributed by atoms with E-state index in [0.717, 1.165) is 0 Å². The average Bonchev–Trinajstić information content (AvgIpc) is 2.76. The quantitative estimate of drug-likeness (QED) is 0.855. The van der Waals surface area contributed by atoms with Crippen molar-refractivity contribution in [3.63, 3.8) is 0 Å². The number of hydrogen-bond donors (Lipinski definition) is 2. The van der Waals surface area contributed by atoms with Crippen LogP contribution in [-0.4, -0.2) is 10.9 Å². The molecule has 3 nitrogen and oxygen atoms in total. The third-order valence-electron chi connectivity index (χ3n) is 2.24. The van der Waals surface area contributed by atoms with Crippen molar-refractivity contribution in [2.45, 2.75) is 0 Å². The van der Waals surface area contributed by atoms with Gasteiger partial charge in [-0.3, -0.25) is 4.79 Å². The van der Waals surface area contributed by atoms with Crippen molar-refractivity contribution in [1.82, 2.24) is 0 Å². The number of carbonyl (C=O) groups excluding carboxylic acids is 1. The lowest BCUT2D eigenvalue weighted by Crippen LogP contribution is -2.16. The molecule has 2 aromatic rings.